The second-order valence-electron chi connectivity index (χ2n) is 11.3. The van der Waals surface area contributed by atoms with E-state index in [0.717, 1.165) is 33.6 Å². The van der Waals surface area contributed by atoms with Gasteiger partial charge in [-0.1, -0.05) is 103 Å². The van der Waals surface area contributed by atoms with E-state index in [1.807, 2.05) is 0 Å². The summed E-state index contributed by atoms with van der Waals surface area (Å²) in [7, 11) is 0. The zero-order valence-electron chi connectivity index (χ0n) is 21.9. The van der Waals surface area contributed by atoms with E-state index >= 15 is 0 Å². The number of hydrogen-bond acceptors (Lipinski definition) is 2. The molecule has 2 nitrogen and oxygen atoms in total. The first kappa shape index (κ1) is 22.0. The van der Waals surface area contributed by atoms with Gasteiger partial charge in [-0.05, 0) is 55.6 Å². The number of ether oxygens (including phenoxy) is 1. The van der Waals surface area contributed by atoms with Gasteiger partial charge in [0.1, 0.15) is 5.75 Å². The minimum absolute atomic E-state index is 0.0102. The van der Waals surface area contributed by atoms with Crippen molar-refractivity contribution in [3.63, 3.8) is 0 Å². The predicted molar refractivity (Wildman–Crippen MR) is 155 cm³/mol. The van der Waals surface area contributed by atoms with Gasteiger partial charge < -0.3 is 4.74 Å². The minimum Gasteiger partial charge on any atom is -0.426 e. The summed E-state index contributed by atoms with van der Waals surface area (Å²) in [5.74, 6) is 3.51. The molecule has 0 aromatic heterocycles. The van der Waals surface area contributed by atoms with Crippen molar-refractivity contribution >= 4 is 5.97 Å². The van der Waals surface area contributed by atoms with Crippen molar-refractivity contribution in [2.45, 2.75) is 30.6 Å². The van der Waals surface area contributed by atoms with Crippen LogP contribution in [0.2, 0.25) is 0 Å². The molecular weight excluding hydrogens is 488 g/mol. The molecule has 0 saturated carbocycles. The zero-order chi connectivity index (χ0) is 26.7. The van der Waals surface area contributed by atoms with Gasteiger partial charge in [0.2, 0.25) is 0 Å². The molecule has 0 aliphatic heterocycles. The molecule has 0 spiro atoms. The van der Waals surface area contributed by atoms with E-state index in [9.17, 15) is 4.79 Å². The number of hydrogen-bond donors (Lipinski definition) is 0. The molecule has 6 aliphatic carbocycles. The average molecular weight is 513 g/mol. The topological polar surface area (TPSA) is 26.3 Å². The van der Waals surface area contributed by atoms with Crippen molar-refractivity contribution in [1.82, 2.24) is 0 Å². The van der Waals surface area contributed by atoms with E-state index in [2.05, 4.69) is 103 Å². The van der Waals surface area contributed by atoms with E-state index in [1.165, 1.54) is 51.4 Å². The van der Waals surface area contributed by atoms with Gasteiger partial charge in [0.05, 0.1) is 0 Å². The summed E-state index contributed by atoms with van der Waals surface area (Å²) >= 11 is 0. The second kappa shape index (κ2) is 7.62. The maximum atomic E-state index is 12.9. The van der Waals surface area contributed by atoms with Crippen molar-refractivity contribution in [2.75, 3.05) is 0 Å². The Bertz CT molecular complexity index is 1780. The molecule has 0 amide bonds. The zero-order valence-corrected chi connectivity index (χ0v) is 21.9. The summed E-state index contributed by atoms with van der Waals surface area (Å²) in [4.78, 5) is 12.9. The van der Waals surface area contributed by atoms with E-state index < -0.39 is 0 Å². The first-order valence-corrected chi connectivity index (χ1v) is 13.9. The normalized spacial score (nSPS) is 21.2. The van der Waals surface area contributed by atoms with Crippen molar-refractivity contribution in [1.29, 1.82) is 0 Å². The van der Waals surface area contributed by atoms with Crippen LogP contribution in [0.3, 0.4) is 0 Å². The van der Waals surface area contributed by atoms with Crippen molar-refractivity contribution in [3.05, 3.63) is 169 Å². The lowest BCUT2D eigenvalue weighted by molar-refractivity contribution is -0.132. The standard InChI is InChI=1S/C38H24O2/c1-3-21-34-30-22-12-4-8-16-26(22)32(27-17-9-5-13-23(27)30)36(34)38(40-20(2)39)37-33-28-18-10-6-14-24(28)31(35(21)37)25-15-7-11-19-29(25)33/h1,4-19,30-33H,2H3. The monoisotopic (exact) mass is 512 g/mol. The number of carbonyl (C=O) groups excluding carboxylic acids is 1. The molecule has 0 unspecified atom stereocenters. The predicted octanol–water partition coefficient (Wildman–Crippen LogP) is 7.57. The van der Waals surface area contributed by atoms with Crippen LogP contribution in [0.25, 0.3) is 0 Å². The molecule has 5 aromatic rings. The average Bonchev–Trinajstić information content (AvgIpc) is 3.00. The largest absolute Gasteiger partial charge is 0.426 e. The fourth-order valence-corrected chi connectivity index (χ4v) is 8.45. The Kier molecular flexibility index (Phi) is 4.19. The summed E-state index contributed by atoms with van der Waals surface area (Å²) < 4.78 is 6.37. The summed E-state index contributed by atoms with van der Waals surface area (Å²) in [6, 6.07) is 34.8. The smallest absolute Gasteiger partial charge is 0.308 e. The van der Waals surface area contributed by atoms with Crippen molar-refractivity contribution in [3.8, 4) is 18.1 Å². The molecule has 0 radical (unpaired) electrons. The number of esters is 1. The fourth-order valence-electron chi connectivity index (χ4n) is 8.45. The van der Waals surface area contributed by atoms with Gasteiger partial charge in [0.15, 0.2) is 0 Å². The lowest BCUT2D eigenvalue weighted by atomic mass is 9.54. The first-order valence-electron chi connectivity index (χ1n) is 13.9. The number of rotatable bonds is 1. The van der Waals surface area contributed by atoms with E-state index in [1.54, 1.807) is 0 Å². The van der Waals surface area contributed by atoms with Crippen molar-refractivity contribution < 1.29 is 9.53 Å². The molecule has 0 atom stereocenters. The molecule has 2 heteroatoms. The van der Waals surface area contributed by atoms with Crippen LogP contribution in [0.4, 0.5) is 0 Å². The summed E-state index contributed by atoms with van der Waals surface area (Å²) in [6.45, 7) is 1.51. The van der Waals surface area contributed by atoms with Crippen LogP contribution in [-0.2, 0) is 4.79 Å². The Balaban J connectivity index is 1.48. The summed E-state index contributed by atoms with van der Waals surface area (Å²) in [6.07, 6.45) is 6.53. The van der Waals surface area contributed by atoms with Crippen molar-refractivity contribution in [2.24, 2.45) is 0 Å². The van der Waals surface area contributed by atoms with Crippen LogP contribution in [0.15, 0.2) is 97.1 Å². The lowest BCUT2D eigenvalue weighted by Gasteiger charge is -2.48. The van der Waals surface area contributed by atoms with Crippen LogP contribution in [0, 0.1) is 12.3 Å². The highest BCUT2D eigenvalue weighted by molar-refractivity contribution is 5.84. The minimum atomic E-state index is -0.302. The van der Waals surface area contributed by atoms with Gasteiger partial charge in [0, 0.05) is 47.3 Å². The summed E-state index contributed by atoms with van der Waals surface area (Å²) in [5.41, 5.74) is 15.7. The molecule has 11 rings (SSSR count). The third-order valence-electron chi connectivity index (χ3n) is 9.63. The lowest BCUT2D eigenvalue weighted by Crippen LogP contribution is -2.34. The molecule has 0 fully saturated rings. The van der Waals surface area contributed by atoms with Crippen LogP contribution >= 0.6 is 0 Å². The molecule has 0 saturated heterocycles. The van der Waals surface area contributed by atoms with E-state index in [-0.39, 0.29) is 29.6 Å². The van der Waals surface area contributed by atoms with E-state index in [0.29, 0.717) is 0 Å². The Labute approximate surface area is 233 Å². The number of carbonyl (C=O) groups is 1. The molecule has 5 aromatic carbocycles. The Morgan fingerprint density at radius 3 is 1.07 bits per heavy atom. The van der Waals surface area contributed by atoms with Gasteiger partial charge in [-0.15, -0.1) is 6.42 Å². The number of benzene rings is 5. The van der Waals surface area contributed by atoms with Crippen LogP contribution in [0.1, 0.15) is 103 Å². The fraction of sp³-hybridized carbons (Fsp3) is 0.132. The third kappa shape index (κ3) is 2.49. The Hall–Kier alpha value is -4.87. The third-order valence-corrected chi connectivity index (χ3v) is 9.63. The molecule has 4 bridgehead atoms. The van der Waals surface area contributed by atoms with Crippen LogP contribution in [0.5, 0.6) is 5.75 Å². The van der Waals surface area contributed by atoms with Crippen LogP contribution < -0.4 is 4.74 Å². The maximum absolute atomic E-state index is 12.9. The second-order valence-corrected chi connectivity index (χ2v) is 11.3. The molecule has 188 valence electrons. The molecular formula is C38H24O2. The SMILES string of the molecule is C#Cc1c2c(c(OC(C)=O)c3c1C1c4ccccc4C3c3ccccc31)C1c3ccccc3C2c2ccccc21. The molecule has 40 heavy (non-hydrogen) atoms. The highest BCUT2D eigenvalue weighted by Gasteiger charge is 2.51. The summed E-state index contributed by atoms with van der Waals surface area (Å²) in [5, 5.41) is 0. The van der Waals surface area contributed by atoms with Gasteiger partial charge in [-0.2, -0.15) is 0 Å². The van der Waals surface area contributed by atoms with Gasteiger partial charge in [-0.25, -0.2) is 0 Å². The Morgan fingerprint density at radius 2 is 0.825 bits per heavy atom. The van der Waals surface area contributed by atoms with Crippen LogP contribution in [-0.4, -0.2) is 5.97 Å². The molecule has 0 N–H and O–H groups in total. The molecule has 6 aliphatic rings. The van der Waals surface area contributed by atoms with Gasteiger partial charge in [-0.3, -0.25) is 4.79 Å². The quantitative estimate of drug-likeness (QED) is 0.129. The Morgan fingerprint density at radius 1 is 0.550 bits per heavy atom. The van der Waals surface area contributed by atoms with Gasteiger partial charge >= 0.3 is 5.97 Å². The maximum Gasteiger partial charge on any atom is 0.308 e. The van der Waals surface area contributed by atoms with Gasteiger partial charge in [0.25, 0.3) is 0 Å². The highest BCUT2D eigenvalue weighted by Crippen LogP contribution is 2.65. The first-order chi connectivity index (χ1) is 19.7. The van der Waals surface area contributed by atoms with E-state index in [4.69, 9.17) is 11.2 Å². The highest BCUT2D eigenvalue weighted by atomic mass is 16.5. The number of terminal acetylenes is 1. The molecule has 0 heterocycles.